The minimum absolute atomic E-state index is 0.0381. The van der Waals surface area contributed by atoms with Crippen LogP contribution in [0.4, 0.5) is 0 Å². The molecule has 1 aromatic carbocycles. The van der Waals surface area contributed by atoms with Crippen LogP contribution in [0, 0.1) is 13.8 Å². The Labute approximate surface area is 96.5 Å². The van der Waals surface area contributed by atoms with Gasteiger partial charge in [0.05, 0.1) is 5.52 Å². The summed E-state index contributed by atoms with van der Waals surface area (Å²) in [5.74, 6) is 0. The van der Waals surface area contributed by atoms with E-state index in [4.69, 9.17) is 0 Å². The molecule has 1 aromatic heterocycles. The lowest BCUT2D eigenvalue weighted by Gasteiger charge is -2.07. The lowest BCUT2D eigenvalue weighted by atomic mass is 10.0. The van der Waals surface area contributed by atoms with Gasteiger partial charge in [-0.2, -0.15) is 0 Å². The summed E-state index contributed by atoms with van der Waals surface area (Å²) in [7, 11) is 0. The number of pyridine rings is 1. The van der Waals surface area contributed by atoms with Crippen LogP contribution < -0.4 is 5.56 Å². The lowest BCUT2D eigenvalue weighted by Crippen LogP contribution is -2.06. The molecule has 15 heavy (non-hydrogen) atoms. The third-order valence-corrected chi connectivity index (χ3v) is 3.13. The molecule has 0 aliphatic rings. The van der Waals surface area contributed by atoms with Gasteiger partial charge < -0.3 is 4.98 Å². The van der Waals surface area contributed by atoms with Crippen LogP contribution in [-0.4, -0.2) is 4.98 Å². The molecule has 0 saturated heterocycles. The topological polar surface area (TPSA) is 32.9 Å². The Morgan fingerprint density at radius 3 is 2.67 bits per heavy atom. The molecule has 0 amide bonds. The summed E-state index contributed by atoms with van der Waals surface area (Å²) in [6.07, 6.45) is 0. The maximum Gasteiger partial charge on any atom is 0.248 e. The Kier molecular flexibility index (Phi) is 2.65. The number of H-pyrrole nitrogens is 1. The van der Waals surface area contributed by atoms with Crippen LogP contribution in [0.2, 0.25) is 0 Å². The molecule has 0 aliphatic heterocycles. The summed E-state index contributed by atoms with van der Waals surface area (Å²) in [5.41, 5.74) is 4.28. The number of alkyl halides is 1. The van der Waals surface area contributed by atoms with E-state index in [-0.39, 0.29) is 5.56 Å². The molecular formula is C12H12BrNO. The van der Waals surface area contributed by atoms with E-state index in [0.29, 0.717) is 5.33 Å². The molecule has 0 aliphatic carbocycles. The number of fused-ring (bicyclic) bond motifs is 1. The van der Waals surface area contributed by atoms with Crippen LogP contribution in [0.25, 0.3) is 10.9 Å². The Bertz CT molecular complexity index is 572. The highest BCUT2D eigenvalue weighted by Crippen LogP contribution is 2.22. The van der Waals surface area contributed by atoms with Gasteiger partial charge in [-0.15, -0.1) is 0 Å². The normalized spacial score (nSPS) is 10.9. The van der Waals surface area contributed by atoms with E-state index in [9.17, 15) is 4.79 Å². The monoisotopic (exact) mass is 265 g/mol. The molecule has 0 bridgehead atoms. The van der Waals surface area contributed by atoms with Crippen molar-refractivity contribution in [3.05, 3.63) is 45.2 Å². The van der Waals surface area contributed by atoms with Gasteiger partial charge in [0.15, 0.2) is 0 Å². The van der Waals surface area contributed by atoms with E-state index >= 15 is 0 Å². The molecule has 78 valence electrons. The highest BCUT2D eigenvalue weighted by Gasteiger charge is 2.05. The summed E-state index contributed by atoms with van der Waals surface area (Å²) < 4.78 is 0. The minimum atomic E-state index is -0.0381. The molecule has 0 atom stereocenters. The fourth-order valence-electron chi connectivity index (χ4n) is 1.89. The van der Waals surface area contributed by atoms with Crippen molar-refractivity contribution in [1.29, 1.82) is 0 Å². The van der Waals surface area contributed by atoms with Crippen molar-refractivity contribution in [3.63, 3.8) is 0 Å². The molecule has 3 heteroatoms. The first-order chi connectivity index (χ1) is 7.11. The molecule has 2 aromatic rings. The maximum absolute atomic E-state index is 11.4. The summed E-state index contributed by atoms with van der Waals surface area (Å²) in [6, 6.07) is 5.83. The zero-order chi connectivity index (χ0) is 11.0. The van der Waals surface area contributed by atoms with Gasteiger partial charge in [0.2, 0.25) is 5.56 Å². The van der Waals surface area contributed by atoms with Crippen LogP contribution in [-0.2, 0) is 5.33 Å². The zero-order valence-electron chi connectivity index (χ0n) is 8.73. The summed E-state index contributed by atoms with van der Waals surface area (Å²) in [5, 5.41) is 1.83. The molecule has 2 rings (SSSR count). The molecule has 0 saturated carbocycles. The maximum atomic E-state index is 11.4. The number of hydrogen-bond acceptors (Lipinski definition) is 1. The van der Waals surface area contributed by atoms with E-state index in [2.05, 4.69) is 40.0 Å². The number of halogens is 1. The van der Waals surface area contributed by atoms with E-state index < -0.39 is 0 Å². The zero-order valence-corrected chi connectivity index (χ0v) is 10.3. The SMILES string of the molecule is Cc1cc(C)c2[nH]c(=O)cc(CBr)c2c1. The minimum Gasteiger partial charge on any atom is -0.322 e. The van der Waals surface area contributed by atoms with Crippen molar-refractivity contribution in [1.82, 2.24) is 4.98 Å². The van der Waals surface area contributed by atoms with Crippen LogP contribution >= 0.6 is 15.9 Å². The number of rotatable bonds is 1. The van der Waals surface area contributed by atoms with Gasteiger partial charge in [0.1, 0.15) is 0 Å². The molecule has 2 nitrogen and oxygen atoms in total. The van der Waals surface area contributed by atoms with Crippen molar-refractivity contribution in [2.24, 2.45) is 0 Å². The number of aromatic nitrogens is 1. The number of benzene rings is 1. The highest BCUT2D eigenvalue weighted by molar-refractivity contribution is 9.08. The standard InChI is InChI=1S/C12H12BrNO/c1-7-3-8(2)12-10(4-7)9(6-13)5-11(15)14-12/h3-5H,6H2,1-2H3,(H,14,15). The van der Waals surface area contributed by atoms with Gasteiger partial charge in [0, 0.05) is 16.8 Å². The Hall–Kier alpha value is -1.09. The molecule has 0 spiro atoms. The first-order valence-corrected chi connectivity index (χ1v) is 5.93. The van der Waals surface area contributed by atoms with Crippen molar-refractivity contribution in [2.75, 3.05) is 0 Å². The van der Waals surface area contributed by atoms with Crippen LogP contribution in [0.3, 0.4) is 0 Å². The first kappa shape index (κ1) is 10.4. The fourth-order valence-corrected chi connectivity index (χ4v) is 2.36. The van der Waals surface area contributed by atoms with E-state index in [0.717, 1.165) is 22.0 Å². The Balaban J connectivity index is 2.96. The average molecular weight is 266 g/mol. The van der Waals surface area contributed by atoms with Crippen molar-refractivity contribution in [3.8, 4) is 0 Å². The summed E-state index contributed by atoms with van der Waals surface area (Å²) in [6.45, 7) is 4.08. The second kappa shape index (κ2) is 3.81. The molecule has 0 unspecified atom stereocenters. The average Bonchev–Trinajstić information content (AvgIpc) is 2.18. The third kappa shape index (κ3) is 1.84. The van der Waals surface area contributed by atoms with E-state index in [1.54, 1.807) is 6.07 Å². The quantitative estimate of drug-likeness (QED) is 0.790. The van der Waals surface area contributed by atoms with Gasteiger partial charge in [-0.25, -0.2) is 0 Å². The highest BCUT2D eigenvalue weighted by atomic mass is 79.9. The predicted molar refractivity (Wildman–Crippen MR) is 66.7 cm³/mol. The number of aromatic amines is 1. The fraction of sp³-hybridized carbons (Fsp3) is 0.250. The van der Waals surface area contributed by atoms with Gasteiger partial charge in [-0.05, 0) is 31.0 Å². The van der Waals surface area contributed by atoms with Crippen LogP contribution in [0.1, 0.15) is 16.7 Å². The molecular weight excluding hydrogens is 254 g/mol. The summed E-state index contributed by atoms with van der Waals surface area (Å²) in [4.78, 5) is 14.3. The number of aryl methyl sites for hydroxylation is 2. The van der Waals surface area contributed by atoms with Crippen molar-refractivity contribution in [2.45, 2.75) is 19.2 Å². The second-order valence-electron chi connectivity index (χ2n) is 3.80. The molecule has 1 N–H and O–H groups in total. The van der Waals surface area contributed by atoms with Crippen molar-refractivity contribution >= 4 is 26.8 Å². The largest absolute Gasteiger partial charge is 0.322 e. The van der Waals surface area contributed by atoms with Gasteiger partial charge in [0.25, 0.3) is 0 Å². The molecule has 0 radical (unpaired) electrons. The predicted octanol–water partition coefficient (Wildman–Crippen LogP) is 3.04. The Morgan fingerprint density at radius 2 is 2.00 bits per heavy atom. The summed E-state index contributed by atoms with van der Waals surface area (Å²) >= 11 is 3.41. The Morgan fingerprint density at radius 1 is 1.27 bits per heavy atom. The van der Waals surface area contributed by atoms with E-state index in [1.807, 2.05) is 6.92 Å². The number of hydrogen-bond donors (Lipinski definition) is 1. The smallest absolute Gasteiger partial charge is 0.248 e. The van der Waals surface area contributed by atoms with Crippen LogP contribution in [0.5, 0.6) is 0 Å². The van der Waals surface area contributed by atoms with Crippen LogP contribution in [0.15, 0.2) is 23.0 Å². The number of nitrogens with one attached hydrogen (secondary N) is 1. The van der Waals surface area contributed by atoms with Gasteiger partial charge >= 0.3 is 0 Å². The molecule has 1 heterocycles. The molecule has 0 fully saturated rings. The van der Waals surface area contributed by atoms with E-state index in [1.165, 1.54) is 5.56 Å². The van der Waals surface area contributed by atoms with Crippen molar-refractivity contribution < 1.29 is 0 Å². The first-order valence-electron chi connectivity index (χ1n) is 4.81. The second-order valence-corrected chi connectivity index (χ2v) is 4.36. The van der Waals surface area contributed by atoms with Gasteiger partial charge in [-0.3, -0.25) is 4.79 Å². The lowest BCUT2D eigenvalue weighted by molar-refractivity contribution is 1.24. The third-order valence-electron chi connectivity index (χ3n) is 2.52. The van der Waals surface area contributed by atoms with Gasteiger partial charge in [-0.1, -0.05) is 27.6 Å².